The molecule has 0 atom stereocenters. The van der Waals surface area contributed by atoms with Crippen LogP contribution in [0.25, 0.3) is 5.69 Å². The predicted octanol–water partition coefficient (Wildman–Crippen LogP) is 2.73. The van der Waals surface area contributed by atoms with E-state index >= 15 is 0 Å². The van der Waals surface area contributed by atoms with Crippen LogP contribution in [0.1, 0.15) is 5.69 Å². The van der Waals surface area contributed by atoms with Gasteiger partial charge in [0.05, 0.1) is 22.9 Å². The number of halogens is 2. The van der Waals surface area contributed by atoms with Gasteiger partial charge in [-0.3, -0.25) is 13.8 Å². The number of aryl methyl sites for hydroxylation is 1. The molecule has 3 aromatic rings. The lowest BCUT2D eigenvalue weighted by atomic mass is 10.3. The zero-order valence-electron chi connectivity index (χ0n) is 11.2. The second-order valence-electron chi connectivity index (χ2n) is 4.61. The van der Waals surface area contributed by atoms with E-state index in [1.54, 1.807) is 46.9 Å². The molecule has 0 saturated heterocycles. The van der Waals surface area contributed by atoms with Crippen molar-refractivity contribution in [2.75, 3.05) is 0 Å². The number of hydrogen-bond donors (Lipinski definition) is 0. The quantitative estimate of drug-likeness (QED) is 0.744. The molecule has 0 unspecified atom stereocenters. The molecule has 2 aromatic heterocycles. The third-order valence-electron chi connectivity index (χ3n) is 3.17. The van der Waals surface area contributed by atoms with Crippen LogP contribution in [-0.4, -0.2) is 18.9 Å². The van der Waals surface area contributed by atoms with Crippen molar-refractivity contribution >= 4 is 23.2 Å². The Morgan fingerprint density at radius 3 is 2.62 bits per heavy atom. The van der Waals surface area contributed by atoms with Crippen molar-refractivity contribution in [2.24, 2.45) is 7.05 Å². The van der Waals surface area contributed by atoms with Crippen LogP contribution < -0.4 is 5.69 Å². The van der Waals surface area contributed by atoms with Crippen LogP contribution in [0, 0.1) is 0 Å². The summed E-state index contributed by atoms with van der Waals surface area (Å²) in [6.45, 7) is 0.358. The van der Waals surface area contributed by atoms with Crippen molar-refractivity contribution in [3.8, 4) is 5.69 Å². The minimum atomic E-state index is -0.176. The Hall–Kier alpha value is -1.98. The van der Waals surface area contributed by atoms with E-state index in [1.807, 2.05) is 12.1 Å². The Bertz CT molecular complexity index is 827. The number of benzene rings is 1. The van der Waals surface area contributed by atoms with Crippen molar-refractivity contribution in [1.29, 1.82) is 0 Å². The van der Waals surface area contributed by atoms with Crippen LogP contribution in [0.4, 0.5) is 0 Å². The Morgan fingerprint density at radius 1 is 1.19 bits per heavy atom. The van der Waals surface area contributed by atoms with Gasteiger partial charge in [-0.05, 0) is 12.1 Å². The SMILES string of the molecule is Cn1nc(Cn2ccn(-c3ccccc3Cl)c2=O)cc1Cl. The molecule has 0 aliphatic rings. The van der Waals surface area contributed by atoms with E-state index in [-0.39, 0.29) is 5.69 Å². The summed E-state index contributed by atoms with van der Waals surface area (Å²) in [4.78, 5) is 12.4. The van der Waals surface area contributed by atoms with E-state index in [2.05, 4.69) is 5.10 Å². The van der Waals surface area contributed by atoms with Gasteiger partial charge in [-0.2, -0.15) is 5.10 Å². The molecule has 21 heavy (non-hydrogen) atoms. The van der Waals surface area contributed by atoms with Crippen molar-refractivity contribution in [3.05, 3.63) is 69.1 Å². The summed E-state index contributed by atoms with van der Waals surface area (Å²) in [6, 6.07) is 8.94. The summed E-state index contributed by atoms with van der Waals surface area (Å²) >= 11 is 12.1. The van der Waals surface area contributed by atoms with Gasteiger partial charge in [0.15, 0.2) is 0 Å². The standard InChI is InChI=1S/C14H12Cl2N4O/c1-18-13(16)8-10(17-18)9-19-6-7-20(14(19)21)12-5-3-2-4-11(12)15/h2-8H,9H2,1H3. The monoisotopic (exact) mass is 322 g/mol. The Balaban J connectivity index is 1.96. The topological polar surface area (TPSA) is 44.8 Å². The summed E-state index contributed by atoms with van der Waals surface area (Å²) in [5.74, 6) is 0. The smallest absolute Gasteiger partial charge is 0.293 e. The molecule has 0 bridgehead atoms. The fourth-order valence-corrected chi connectivity index (χ4v) is 2.51. The first kappa shape index (κ1) is 14.0. The van der Waals surface area contributed by atoms with E-state index < -0.39 is 0 Å². The van der Waals surface area contributed by atoms with E-state index in [4.69, 9.17) is 23.2 Å². The number of rotatable bonds is 3. The van der Waals surface area contributed by atoms with E-state index in [0.717, 1.165) is 5.69 Å². The third kappa shape index (κ3) is 2.62. The average Bonchev–Trinajstić information content (AvgIpc) is 2.96. The highest BCUT2D eigenvalue weighted by Crippen LogP contribution is 2.18. The van der Waals surface area contributed by atoms with Crippen molar-refractivity contribution in [2.45, 2.75) is 6.54 Å². The number of aromatic nitrogens is 4. The minimum Gasteiger partial charge on any atom is -0.293 e. The molecule has 0 amide bonds. The number of hydrogen-bond acceptors (Lipinski definition) is 2. The molecule has 2 heterocycles. The summed E-state index contributed by atoms with van der Waals surface area (Å²) in [5.41, 5.74) is 1.20. The predicted molar refractivity (Wildman–Crippen MR) is 82.4 cm³/mol. The van der Waals surface area contributed by atoms with Gasteiger partial charge in [-0.1, -0.05) is 35.3 Å². The summed E-state index contributed by atoms with van der Waals surface area (Å²) in [7, 11) is 1.75. The number of para-hydroxylation sites is 1. The molecule has 0 N–H and O–H groups in total. The van der Waals surface area contributed by atoms with Crippen LogP contribution in [0.3, 0.4) is 0 Å². The largest absolute Gasteiger partial charge is 0.333 e. The number of nitrogens with zero attached hydrogens (tertiary/aromatic N) is 4. The molecule has 3 rings (SSSR count). The summed E-state index contributed by atoms with van der Waals surface area (Å²) in [5, 5.41) is 5.29. The van der Waals surface area contributed by atoms with Gasteiger partial charge in [0.2, 0.25) is 0 Å². The Morgan fingerprint density at radius 2 is 1.95 bits per heavy atom. The molecule has 0 radical (unpaired) electrons. The molecule has 0 saturated carbocycles. The molecule has 0 aliphatic heterocycles. The van der Waals surface area contributed by atoms with Crippen LogP contribution >= 0.6 is 23.2 Å². The first-order valence-electron chi connectivity index (χ1n) is 6.27. The fraction of sp³-hybridized carbons (Fsp3) is 0.143. The molecule has 0 spiro atoms. The van der Waals surface area contributed by atoms with Crippen LogP contribution in [-0.2, 0) is 13.6 Å². The van der Waals surface area contributed by atoms with Gasteiger partial charge in [-0.25, -0.2) is 4.79 Å². The summed E-state index contributed by atoms with van der Waals surface area (Å²) < 4.78 is 4.63. The molecular formula is C14H12Cl2N4O. The molecule has 7 heteroatoms. The lowest BCUT2D eigenvalue weighted by Gasteiger charge is -2.03. The maximum Gasteiger partial charge on any atom is 0.333 e. The average molecular weight is 323 g/mol. The highest BCUT2D eigenvalue weighted by atomic mass is 35.5. The highest BCUT2D eigenvalue weighted by molar-refractivity contribution is 6.32. The first-order chi connectivity index (χ1) is 10.1. The van der Waals surface area contributed by atoms with Crippen molar-refractivity contribution in [1.82, 2.24) is 18.9 Å². The molecule has 0 fully saturated rings. The lowest BCUT2D eigenvalue weighted by Crippen LogP contribution is -2.23. The van der Waals surface area contributed by atoms with Gasteiger partial charge in [-0.15, -0.1) is 0 Å². The zero-order chi connectivity index (χ0) is 15.0. The maximum atomic E-state index is 12.4. The highest BCUT2D eigenvalue weighted by Gasteiger charge is 2.10. The molecular weight excluding hydrogens is 311 g/mol. The first-order valence-corrected chi connectivity index (χ1v) is 7.03. The van der Waals surface area contributed by atoms with E-state index in [9.17, 15) is 4.79 Å². The number of imidazole rings is 1. The van der Waals surface area contributed by atoms with Gasteiger partial charge in [0, 0.05) is 25.5 Å². The van der Waals surface area contributed by atoms with Crippen LogP contribution in [0.15, 0.2) is 47.5 Å². The lowest BCUT2D eigenvalue weighted by molar-refractivity contribution is 0.686. The van der Waals surface area contributed by atoms with Gasteiger partial charge in [0.1, 0.15) is 5.15 Å². The van der Waals surface area contributed by atoms with E-state index in [0.29, 0.717) is 22.4 Å². The van der Waals surface area contributed by atoms with Crippen molar-refractivity contribution < 1.29 is 0 Å². The van der Waals surface area contributed by atoms with Gasteiger partial charge < -0.3 is 0 Å². The minimum absolute atomic E-state index is 0.176. The molecule has 0 aliphatic carbocycles. The Kier molecular flexibility index (Phi) is 3.61. The Labute approximate surface area is 130 Å². The van der Waals surface area contributed by atoms with Crippen LogP contribution in [0.5, 0.6) is 0 Å². The van der Waals surface area contributed by atoms with Crippen LogP contribution in [0.2, 0.25) is 10.2 Å². The van der Waals surface area contributed by atoms with Gasteiger partial charge >= 0.3 is 5.69 Å². The molecule has 1 aromatic carbocycles. The van der Waals surface area contributed by atoms with Crippen molar-refractivity contribution in [3.63, 3.8) is 0 Å². The fourth-order valence-electron chi connectivity index (χ4n) is 2.12. The second-order valence-corrected chi connectivity index (χ2v) is 5.41. The van der Waals surface area contributed by atoms with E-state index in [1.165, 1.54) is 4.57 Å². The normalized spacial score (nSPS) is 11.0. The zero-order valence-corrected chi connectivity index (χ0v) is 12.7. The molecule has 5 nitrogen and oxygen atoms in total. The van der Waals surface area contributed by atoms with Gasteiger partial charge in [0.25, 0.3) is 0 Å². The maximum absolute atomic E-state index is 12.4. The molecule has 108 valence electrons. The second kappa shape index (κ2) is 5.42. The third-order valence-corrected chi connectivity index (χ3v) is 3.84. The summed E-state index contributed by atoms with van der Waals surface area (Å²) in [6.07, 6.45) is 3.39.